The summed E-state index contributed by atoms with van der Waals surface area (Å²) in [5.41, 5.74) is 1.24. The summed E-state index contributed by atoms with van der Waals surface area (Å²) in [4.78, 5) is 38.4. The van der Waals surface area contributed by atoms with E-state index >= 15 is 0 Å². The van der Waals surface area contributed by atoms with Crippen LogP contribution in [0.15, 0.2) is 48.5 Å². The van der Waals surface area contributed by atoms with Crippen LogP contribution in [-0.2, 0) is 10.2 Å². The number of nitrogens with zero attached hydrogens (tertiary/aromatic N) is 4. The highest BCUT2D eigenvalue weighted by molar-refractivity contribution is 6.42. The van der Waals surface area contributed by atoms with Gasteiger partial charge >= 0.3 is 0 Å². The molecule has 0 saturated heterocycles. The van der Waals surface area contributed by atoms with Gasteiger partial charge in [-0.15, -0.1) is 0 Å². The third-order valence-electron chi connectivity index (χ3n) is 5.87. The predicted molar refractivity (Wildman–Crippen MR) is 149 cm³/mol. The number of halogens is 2. The molecule has 3 rings (SSSR count). The second-order valence-corrected chi connectivity index (χ2v) is 10.8. The lowest BCUT2D eigenvalue weighted by Gasteiger charge is -2.22. The van der Waals surface area contributed by atoms with Gasteiger partial charge < -0.3 is 10.2 Å². The fourth-order valence-corrected chi connectivity index (χ4v) is 4.01. The number of anilines is 1. The summed E-state index contributed by atoms with van der Waals surface area (Å²) in [5, 5.41) is 19.3. The molecule has 2 aromatic carbocycles. The smallest absolute Gasteiger partial charge is 0.269 e. The number of benzene rings is 2. The third-order valence-corrected chi connectivity index (χ3v) is 6.61. The minimum absolute atomic E-state index is 0.109. The van der Waals surface area contributed by atoms with Crippen LogP contribution in [0.3, 0.4) is 0 Å². The summed E-state index contributed by atoms with van der Waals surface area (Å²) in [6.07, 6.45) is 2.56. The van der Waals surface area contributed by atoms with Crippen LogP contribution in [0.25, 0.3) is 5.69 Å². The van der Waals surface area contributed by atoms with Gasteiger partial charge in [-0.2, -0.15) is 5.10 Å². The van der Waals surface area contributed by atoms with Crippen LogP contribution in [0.4, 0.5) is 11.5 Å². The molecule has 0 radical (unpaired) electrons. The van der Waals surface area contributed by atoms with Gasteiger partial charge in [0.05, 0.1) is 26.3 Å². The first-order chi connectivity index (χ1) is 17.9. The Morgan fingerprint density at radius 3 is 2.32 bits per heavy atom. The Labute approximate surface area is 231 Å². The number of rotatable bonds is 10. The van der Waals surface area contributed by atoms with Crippen molar-refractivity contribution in [2.45, 2.75) is 52.4 Å². The predicted octanol–water partition coefficient (Wildman–Crippen LogP) is 6.66. The van der Waals surface area contributed by atoms with E-state index in [0.717, 1.165) is 25.0 Å². The molecule has 0 aliphatic heterocycles. The van der Waals surface area contributed by atoms with Gasteiger partial charge in [0, 0.05) is 35.7 Å². The van der Waals surface area contributed by atoms with Gasteiger partial charge in [0.15, 0.2) is 0 Å². The number of carbonyl (C=O) groups excluding carboxylic acids is 2. The molecule has 9 nitrogen and oxygen atoms in total. The van der Waals surface area contributed by atoms with Crippen LogP contribution < -0.4 is 5.32 Å². The Bertz CT molecular complexity index is 1320. The summed E-state index contributed by atoms with van der Waals surface area (Å²) in [5.74, 6) is -0.354. The lowest BCUT2D eigenvalue weighted by Crippen LogP contribution is -2.39. The first kappa shape index (κ1) is 29.1. The molecule has 0 aliphatic rings. The average Bonchev–Trinajstić information content (AvgIpc) is 3.29. The maximum Gasteiger partial charge on any atom is 0.269 e. The van der Waals surface area contributed by atoms with E-state index < -0.39 is 10.8 Å². The van der Waals surface area contributed by atoms with Crippen molar-refractivity contribution in [3.8, 4) is 5.69 Å². The van der Waals surface area contributed by atoms with Gasteiger partial charge in [-0.05, 0) is 36.8 Å². The highest BCUT2D eigenvalue weighted by atomic mass is 35.5. The fraction of sp³-hybridized carbons (Fsp3) is 0.370. The number of aromatic nitrogens is 2. The highest BCUT2D eigenvalue weighted by Gasteiger charge is 2.24. The van der Waals surface area contributed by atoms with Gasteiger partial charge in [0.1, 0.15) is 12.4 Å². The zero-order valence-corrected chi connectivity index (χ0v) is 23.3. The standard InChI is InChI=1S/C27H31Cl2N5O4/c1-5-6-7-14-32(26(36)18-8-10-19(11-9-18)34(37)38)17-25(35)30-24-16-23(27(2,3)4)31-33(24)20-12-13-21(28)22(29)15-20/h8-13,15-16H,5-7,14,17H2,1-4H3,(H,30,35). The molecule has 2 amide bonds. The third kappa shape index (κ3) is 7.33. The zero-order chi connectivity index (χ0) is 28.0. The van der Waals surface area contributed by atoms with Crippen molar-refractivity contribution < 1.29 is 14.5 Å². The van der Waals surface area contributed by atoms with Crippen LogP contribution in [0.2, 0.25) is 10.0 Å². The van der Waals surface area contributed by atoms with E-state index in [4.69, 9.17) is 23.2 Å². The number of unbranched alkanes of at least 4 members (excludes halogenated alkanes) is 2. The number of amides is 2. The molecule has 0 bridgehead atoms. The van der Waals surface area contributed by atoms with E-state index in [1.165, 1.54) is 29.2 Å². The van der Waals surface area contributed by atoms with Crippen molar-refractivity contribution in [3.05, 3.63) is 79.9 Å². The average molecular weight is 560 g/mol. The molecule has 0 unspecified atom stereocenters. The molecule has 0 saturated carbocycles. The quantitative estimate of drug-likeness (QED) is 0.169. The van der Waals surface area contributed by atoms with E-state index in [0.29, 0.717) is 28.1 Å². The molecule has 38 heavy (non-hydrogen) atoms. The van der Waals surface area contributed by atoms with Gasteiger partial charge in [0.25, 0.3) is 11.6 Å². The molecule has 1 N–H and O–H groups in total. The topological polar surface area (TPSA) is 110 Å². The number of nitro benzene ring substituents is 1. The molecule has 1 heterocycles. The number of nitrogens with one attached hydrogen (secondary N) is 1. The molecule has 1 aromatic heterocycles. The van der Waals surface area contributed by atoms with Crippen molar-refractivity contribution in [1.29, 1.82) is 0 Å². The molecule has 0 atom stereocenters. The number of nitro groups is 1. The van der Waals surface area contributed by atoms with Gasteiger partial charge in [-0.25, -0.2) is 4.68 Å². The minimum atomic E-state index is -0.524. The monoisotopic (exact) mass is 559 g/mol. The number of carbonyl (C=O) groups is 2. The van der Waals surface area contributed by atoms with E-state index in [2.05, 4.69) is 10.4 Å². The van der Waals surface area contributed by atoms with Crippen molar-refractivity contribution in [3.63, 3.8) is 0 Å². The van der Waals surface area contributed by atoms with Crippen molar-refractivity contribution in [2.24, 2.45) is 0 Å². The normalized spacial score (nSPS) is 11.3. The first-order valence-electron chi connectivity index (χ1n) is 12.3. The summed E-state index contributed by atoms with van der Waals surface area (Å²) >= 11 is 12.3. The lowest BCUT2D eigenvalue weighted by atomic mass is 9.92. The maximum absolute atomic E-state index is 13.2. The summed E-state index contributed by atoms with van der Waals surface area (Å²) < 4.78 is 1.58. The largest absolute Gasteiger partial charge is 0.329 e. The molecule has 0 fully saturated rings. The van der Waals surface area contributed by atoms with Crippen molar-refractivity contribution in [2.75, 3.05) is 18.4 Å². The molecule has 0 spiro atoms. The molecule has 3 aromatic rings. The summed E-state index contributed by atoms with van der Waals surface area (Å²) in [6.45, 7) is 8.26. The second-order valence-electron chi connectivity index (χ2n) is 9.96. The minimum Gasteiger partial charge on any atom is -0.329 e. The molecule has 11 heteroatoms. The van der Waals surface area contributed by atoms with Crippen LogP contribution >= 0.6 is 23.2 Å². The number of hydrogen-bond donors (Lipinski definition) is 1. The Hall–Kier alpha value is -3.43. The number of non-ortho nitro benzene ring substituents is 1. The SMILES string of the molecule is CCCCCN(CC(=O)Nc1cc(C(C)(C)C)nn1-c1ccc(Cl)c(Cl)c1)C(=O)c1ccc([N+](=O)[O-])cc1. The number of hydrogen-bond acceptors (Lipinski definition) is 5. The van der Waals surface area contributed by atoms with Gasteiger partial charge in [-0.3, -0.25) is 19.7 Å². The van der Waals surface area contributed by atoms with E-state index in [-0.39, 0.29) is 29.1 Å². The highest BCUT2D eigenvalue weighted by Crippen LogP contribution is 2.29. The molecular weight excluding hydrogens is 529 g/mol. The maximum atomic E-state index is 13.2. The van der Waals surface area contributed by atoms with Gasteiger partial charge in [-0.1, -0.05) is 63.7 Å². The molecule has 0 aliphatic carbocycles. The lowest BCUT2D eigenvalue weighted by molar-refractivity contribution is -0.384. The van der Waals surface area contributed by atoms with E-state index in [1.807, 2.05) is 27.7 Å². The van der Waals surface area contributed by atoms with Crippen LogP contribution in [0, 0.1) is 10.1 Å². The Morgan fingerprint density at radius 2 is 1.74 bits per heavy atom. The Morgan fingerprint density at radius 1 is 1.05 bits per heavy atom. The van der Waals surface area contributed by atoms with Crippen LogP contribution in [-0.4, -0.2) is 44.5 Å². The summed E-state index contributed by atoms with van der Waals surface area (Å²) in [7, 11) is 0. The fourth-order valence-electron chi connectivity index (χ4n) is 3.72. The second kappa shape index (κ2) is 12.4. The molecule has 202 valence electrons. The van der Waals surface area contributed by atoms with Crippen LogP contribution in [0.1, 0.15) is 63.0 Å². The van der Waals surface area contributed by atoms with E-state index in [9.17, 15) is 19.7 Å². The Balaban J connectivity index is 1.87. The van der Waals surface area contributed by atoms with E-state index in [1.54, 1.807) is 28.9 Å². The van der Waals surface area contributed by atoms with Crippen molar-refractivity contribution >= 4 is 46.5 Å². The molecular formula is C27H31Cl2N5O4. The van der Waals surface area contributed by atoms with Gasteiger partial charge in [0.2, 0.25) is 5.91 Å². The van der Waals surface area contributed by atoms with Crippen molar-refractivity contribution in [1.82, 2.24) is 14.7 Å². The zero-order valence-electron chi connectivity index (χ0n) is 21.8. The Kier molecular flexibility index (Phi) is 9.51. The summed E-state index contributed by atoms with van der Waals surface area (Å²) in [6, 6.07) is 12.2. The first-order valence-corrected chi connectivity index (χ1v) is 13.1. The van der Waals surface area contributed by atoms with Crippen LogP contribution in [0.5, 0.6) is 0 Å².